The molecule has 23 heavy (non-hydrogen) atoms. The van der Waals surface area contributed by atoms with E-state index in [1.165, 1.54) is 11.3 Å². The van der Waals surface area contributed by atoms with Gasteiger partial charge in [-0.2, -0.15) is 0 Å². The lowest BCUT2D eigenvalue weighted by atomic mass is 10.2. The molecule has 0 amide bonds. The Kier molecular flexibility index (Phi) is 4.89. The summed E-state index contributed by atoms with van der Waals surface area (Å²) in [5, 5.41) is 15.3. The third-order valence-electron chi connectivity index (χ3n) is 2.98. The molecular formula is C17H12ClN3OS. The number of benzene rings is 1. The third-order valence-corrected chi connectivity index (χ3v) is 4.04. The molecule has 0 radical (unpaired) electrons. The predicted octanol–water partition coefficient (Wildman–Crippen LogP) is 3.95. The minimum Gasteiger partial charge on any atom is -0.384 e. The molecule has 0 bridgehead atoms. The summed E-state index contributed by atoms with van der Waals surface area (Å²) in [4.78, 5) is 8.52. The summed E-state index contributed by atoms with van der Waals surface area (Å²) >= 11 is 7.64. The van der Waals surface area contributed by atoms with Crippen LogP contribution in [0.1, 0.15) is 5.56 Å². The van der Waals surface area contributed by atoms with Crippen LogP contribution in [0.2, 0.25) is 5.02 Å². The van der Waals surface area contributed by atoms with Crippen LogP contribution >= 0.6 is 22.9 Å². The zero-order valence-electron chi connectivity index (χ0n) is 12.0. The highest BCUT2D eigenvalue weighted by Gasteiger charge is 2.08. The Labute approximate surface area is 142 Å². The summed E-state index contributed by atoms with van der Waals surface area (Å²) in [6, 6.07) is 9.47. The van der Waals surface area contributed by atoms with E-state index >= 15 is 0 Å². The van der Waals surface area contributed by atoms with Gasteiger partial charge in [-0.15, -0.1) is 11.3 Å². The zero-order chi connectivity index (χ0) is 16.1. The van der Waals surface area contributed by atoms with Gasteiger partial charge in [-0.05, 0) is 24.3 Å². The van der Waals surface area contributed by atoms with Gasteiger partial charge in [-0.25, -0.2) is 4.98 Å². The number of thiazole rings is 1. The summed E-state index contributed by atoms with van der Waals surface area (Å²) in [5.74, 6) is 5.51. The van der Waals surface area contributed by atoms with Crippen molar-refractivity contribution in [2.75, 3.05) is 11.9 Å². The van der Waals surface area contributed by atoms with E-state index in [1.807, 2.05) is 35.7 Å². The molecule has 0 aliphatic heterocycles. The van der Waals surface area contributed by atoms with Gasteiger partial charge in [0.25, 0.3) is 0 Å². The fourth-order valence-corrected chi connectivity index (χ4v) is 2.92. The van der Waals surface area contributed by atoms with Crippen LogP contribution < -0.4 is 5.32 Å². The van der Waals surface area contributed by atoms with Crippen molar-refractivity contribution < 1.29 is 5.11 Å². The Morgan fingerprint density at radius 3 is 3.04 bits per heavy atom. The Bertz CT molecular complexity index is 883. The molecule has 3 aromatic rings. The molecule has 4 nitrogen and oxygen atoms in total. The molecule has 0 saturated carbocycles. The van der Waals surface area contributed by atoms with Crippen molar-refractivity contribution in [1.29, 1.82) is 0 Å². The van der Waals surface area contributed by atoms with Crippen molar-refractivity contribution in [3.63, 3.8) is 0 Å². The summed E-state index contributed by atoms with van der Waals surface area (Å²) in [5.41, 5.74) is 3.38. The number of halogens is 1. The van der Waals surface area contributed by atoms with Crippen molar-refractivity contribution in [2.24, 2.45) is 0 Å². The minimum absolute atomic E-state index is 0.153. The number of hydrogen-bond donors (Lipinski definition) is 2. The standard InChI is InChI=1S/C17H12ClN3OS/c18-15-10-19-7-6-14(15)16-11-23-17(21-16)20-13-5-1-3-12(9-13)4-2-8-22/h1,3,5-7,9-11,22H,8H2,(H,20,21). The molecule has 2 N–H and O–H groups in total. The molecule has 0 aliphatic carbocycles. The molecule has 2 aromatic heterocycles. The number of nitrogens with one attached hydrogen (secondary N) is 1. The van der Waals surface area contributed by atoms with Crippen LogP contribution in [0.25, 0.3) is 11.3 Å². The van der Waals surface area contributed by atoms with Crippen molar-refractivity contribution in [3.8, 4) is 23.1 Å². The Morgan fingerprint density at radius 2 is 2.22 bits per heavy atom. The van der Waals surface area contributed by atoms with E-state index in [9.17, 15) is 0 Å². The van der Waals surface area contributed by atoms with Crippen LogP contribution in [0, 0.1) is 11.8 Å². The van der Waals surface area contributed by atoms with Gasteiger partial charge < -0.3 is 10.4 Å². The largest absolute Gasteiger partial charge is 0.384 e. The van der Waals surface area contributed by atoms with Crippen LogP contribution in [0.3, 0.4) is 0 Å². The average Bonchev–Trinajstić information content (AvgIpc) is 3.02. The minimum atomic E-state index is -0.153. The fraction of sp³-hybridized carbons (Fsp3) is 0.0588. The van der Waals surface area contributed by atoms with Crippen LogP contribution in [0.15, 0.2) is 48.1 Å². The number of nitrogens with zero attached hydrogens (tertiary/aromatic N) is 2. The maximum Gasteiger partial charge on any atom is 0.187 e. The maximum atomic E-state index is 8.75. The second kappa shape index (κ2) is 7.25. The molecule has 6 heteroatoms. The van der Waals surface area contributed by atoms with Gasteiger partial charge in [-0.1, -0.05) is 29.5 Å². The van der Waals surface area contributed by atoms with E-state index < -0.39 is 0 Å². The topological polar surface area (TPSA) is 58.0 Å². The van der Waals surface area contributed by atoms with E-state index in [0.29, 0.717) is 5.02 Å². The first-order valence-electron chi connectivity index (χ1n) is 6.78. The SMILES string of the molecule is OCC#Cc1cccc(Nc2nc(-c3ccncc3Cl)cs2)c1. The number of pyridine rings is 1. The maximum absolute atomic E-state index is 8.75. The van der Waals surface area contributed by atoms with Gasteiger partial charge in [0.2, 0.25) is 0 Å². The zero-order valence-corrected chi connectivity index (χ0v) is 13.5. The van der Waals surface area contributed by atoms with Crippen molar-refractivity contribution in [3.05, 3.63) is 58.7 Å². The van der Waals surface area contributed by atoms with Crippen molar-refractivity contribution in [1.82, 2.24) is 9.97 Å². The highest BCUT2D eigenvalue weighted by molar-refractivity contribution is 7.14. The third kappa shape index (κ3) is 3.88. The molecule has 3 rings (SSSR count). The fourth-order valence-electron chi connectivity index (χ4n) is 1.98. The number of aliphatic hydroxyl groups is 1. The highest BCUT2D eigenvalue weighted by atomic mass is 35.5. The molecule has 0 fully saturated rings. The van der Waals surface area contributed by atoms with E-state index in [-0.39, 0.29) is 6.61 Å². The number of anilines is 2. The highest BCUT2D eigenvalue weighted by Crippen LogP contribution is 2.30. The van der Waals surface area contributed by atoms with Crippen molar-refractivity contribution in [2.45, 2.75) is 0 Å². The van der Waals surface area contributed by atoms with E-state index in [2.05, 4.69) is 27.1 Å². The Hall–Kier alpha value is -2.39. The molecule has 2 heterocycles. The molecule has 0 spiro atoms. The molecule has 1 aromatic carbocycles. The van der Waals surface area contributed by atoms with Gasteiger partial charge in [0, 0.05) is 34.6 Å². The van der Waals surface area contributed by atoms with Crippen LogP contribution in [0.5, 0.6) is 0 Å². The summed E-state index contributed by atoms with van der Waals surface area (Å²) in [6.45, 7) is -0.153. The molecule has 114 valence electrons. The quantitative estimate of drug-likeness (QED) is 0.708. The monoisotopic (exact) mass is 341 g/mol. The first kappa shape index (κ1) is 15.5. The van der Waals surface area contributed by atoms with Crippen molar-refractivity contribution >= 4 is 33.8 Å². The predicted molar refractivity (Wildman–Crippen MR) is 94.0 cm³/mol. The van der Waals surface area contributed by atoms with E-state index in [4.69, 9.17) is 16.7 Å². The van der Waals surface area contributed by atoms with E-state index in [1.54, 1.807) is 12.4 Å². The first-order valence-corrected chi connectivity index (χ1v) is 8.04. The molecule has 0 unspecified atom stereocenters. The number of aromatic nitrogens is 2. The number of rotatable bonds is 3. The Balaban J connectivity index is 1.81. The second-order valence-electron chi connectivity index (χ2n) is 4.56. The normalized spacial score (nSPS) is 10.0. The Morgan fingerprint density at radius 1 is 1.30 bits per heavy atom. The second-order valence-corrected chi connectivity index (χ2v) is 5.82. The van der Waals surface area contributed by atoms with Crippen LogP contribution in [-0.4, -0.2) is 21.7 Å². The summed E-state index contributed by atoms with van der Waals surface area (Å²) in [6.07, 6.45) is 3.30. The molecule has 0 saturated heterocycles. The van der Waals surface area contributed by atoms with Gasteiger partial charge in [0.05, 0.1) is 10.7 Å². The van der Waals surface area contributed by atoms with Gasteiger partial charge in [0.15, 0.2) is 5.13 Å². The first-order chi connectivity index (χ1) is 11.3. The number of aliphatic hydroxyl groups excluding tert-OH is 1. The van der Waals surface area contributed by atoms with Crippen LogP contribution in [-0.2, 0) is 0 Å². The molecule has 0 atom stereocenters. The average molecular weight is 342 g/mol. The van der Waals surface area contributed by atoms with Gasteiger partial charge >= 0.3 is 0 Å². The lowest BCUT2D eigenvalue weighted by molar-refractivity contribution is 0.350. The lowest BCUT2D eigenvalue weighted by Crippen LogP contribution is -1.90. The molecule has 0 aliphatic rings. The van der Waals surface area contributed by atoms with Crippen LogP contribution in [0.4, 0.5) is 10.8 Å². The smallest absolute Gasteiger partial charge is 0.187 e. The summed E-state index contributed by atoms with van der Waals surface area (Å²) in [7, 11) is 0. The van der Waals surface area contributed by atoms with Gasteiger partial charge in [0.1, 0.15) is 6.61 Å². The summed E-state index contributed by atoms with van der Waals surface area (Å²) < 4.78 is 0. The molecular weight excluding hydrogens is 330 g/mol. The lowest BCUT2D eigenvalue weighted by Gasteiger charge is -2.03. The van der Waals surface area contributed by atoms with Gasteiger partial charge in [-0.3, -0.25) is 4.98 Å². The number of hydrogen-bond acceptors (Lipinski definition) is 5. The van der Waals surface area contributed by atoms with E-state index in [0.717, 1.165) is 27.6 Å².